The molecule has 0 saturated heterocycles. The molecule has 3 heterocycles. The lowest BCUT2D eigenvalue weighted by atomic mass is 9.98. The van der Waals surface area contributed by atoms with Crippen molar-refractivity contribution in [2.75, 3.05) is 11.9 Å². The third-order valence-corrected chi connectivity index (χ3v) is 4.79. The van der Waals surface area contributed by atoms with E-state index < -0.39 is 0 Å². The van der Waals surface area contributed by atoms with Gasteiger partial charge in [0.2, 0.25) is 11.7 Å². The predicted molar refractivity (Wildman–Crippen MR) is 83.7 cm³/mol. The number of thiophene rings is 1. The smallest absolute Gasteiger partial charge is 0.227 e. The Balaban J connectivity index is 1.57. The zero-order valence-electron chi connectivity index (χ0n) is 11.7. The number of benzene rings is 1. The van der Waals surface area contributed by atoms with Gasteiger partial charge in [0.05, 0.1) is 0 Å². The Kier molecular flexibility index (Phi) is 3.00. The van der Waals surface area contributed by atoms with Crippen molar-refractivity contribution >= 4 is 17.0 Å². The van der Waals surface area contributed by atoms with Crippen LogP contribution in [0.25, 0.3) is 11.4 Å². The largest absolute Gasteiger partial charge is 0.384 e. The highest BCUT2D eigenvalue weighted by Crippen LogP contribution is 2.33. The molecule has 106 valence electrons. The molecule has 1 aliphatic rings. The molecule has 0 fully saturated rings. The van der Waals surface area contributed by atoms with Gasteiger partial charge >= 0.3 is 0 Å². The van der Waals surface area contributed by atoms with Crippen molar-refractivity contribution in [3.8, 4) is 11.4 Å². The van der Waals surface area contributed by atoms with Gasteiger partial charge in [-0.1, -0.05) is 23.4 Å². The van der Waals surface area contributed by atoms with Crippen LogP contribution in [0.4, 0.5) is 5.69 Å². The average Bonchev–Trinajstić information content (AvgIpc) is 3.20. The topological polar surface area (TPSA) is 51.0 Å². The highest BCUT2D eigenvalue weighted by Gasteiger charge is 2.24. The summed E-state index contributed by atoms with van der Waals surface area (Å²) in [4.78, 5) is 4.55. The molecule has 0 saturated carbocycles. The first kappa shape index (κ1) is 12.6. The van der Waals surface area contributed by atoms with Crippen LogP contribution >= 0.6 is 11.3 Å². The molecule has 1 N–H and O–H groups in total. The number of fused-ring (bicyclic) bond motifs is 1. The van der Waals surface area contributed by atoms with E-state index in [9.17, 15) is 0 Å². The van der Waals surface area contributed by atoms with E-state index in [-0.39, 0.29) is 0 Å². The summed E-state index contributed by atoms with van der Waals surface area (Å²) in [5.41, 5.74) is 4.82. The van der Waals surface area contributed by atoms with Crippen molar-refractivity contribution in [1.82, 2.24) is 10.1 Å². The summed E-state index contributed by atoms with van der Waals surface area (Å²) in [6.07, 6.45) is 0.778. The van der Waals surface area contributed by atoms with Crippen LogP contribution < -0.4 is 5.32 Å². The van der Waals surface area contributed by atoms with Gasteiger partial charge in [-0.2, -0.15) is 16.3 Å². The molecule has 2 aromatic heterocycles. The summed E-state index contributed by atoms with van der Waals surface area (Å²) < 4.78 is 5.44. The fraction of sp³-hybridized carbons (Fsp3) is 0.250. The molecule has 4 nitrogen and oxygen atoms in total. The Morgan fingerprint density at radius 3 is 3.10 bits per heavy atom. The fourth-order valence-electron chi connectivity index (χ4n) is 2.79. The van der Waals surface area contributed by atoms with Gasteiger partial charge in [0.15, 0.2) is 0 Å². The number of hydrogen-bond acceptors (Lipinski definition) is 5. The second kappa shape index (κ2) is 5.00. The number of aryl methyl sites for hydroxylation is 1. The Morgan fingerprint density at radius 2 is 2.24 bits per heavy atom. The number of aromatic nitrogens is 2. The van der Waals surface area contributed by atoms with Gasteiger partial charge in [0.1, 0.15) is 0 Å². The van der Waals surface area contributed by atoms with Crippen LogP contribution in [-0.2, 0) is 6.42 Å². The minimum atomic E-state index is 0.401. The molecular formula is C16H15N3OS. The summed E-state index contributed by atoms with van der Waals surface area (Å²) in [5.74, 6) is 1.81. The lowest BCUT2D eigenvalue weighted by Gasteiger charge is -2.05. The number of hydrogen-bond donors (Lipinski definition) is 1. The quantitative estimate of drug-likeness (QED) is 0.797. The van der Waals surface area contributed by atoms with Crippen LogP contribution in [0.3, 0.4) is 0 Å². The Morgan fingerprint density at radius 1 is 1.33 bits per heavy atom. The summed E-state index contributed by atoms with van der Waals surface area (Å²) >= 11 is 1.66. The van der Waals surface area contributed by atoms with Crippen molar-refractivity contribution in [3.05, 3.63) is 52.0 Å². The normalized spacial score (nSPS) is 16.7. The Bertz CT molecular complexity index is 777. The molecule has 0 spiro atoms. The minimum Gasteiger partial charge on any atom is -0.384 e. The number of para-hydroxylation sites is 1. The molecule has 1 unspecified atom stereocenters. The molecule has 1 aliphatic heterocycles. The van der Waals surface area contributed by atoms with Gasteiger partial charge in [-0.3, -0.25) is 0 Å². The van der Waals surface area contributed by atoms with Gasteiger partial charge in [-0.25, -0.2) is 0 Å². The number of nitrogens with zero attached hydrogens (tertiary/aromatic N) is 2. The van der Waals surface area contributed by atoms with Gasteiger partial charge < -0.3 is 9.84 Å². The van der Waals surface area contributed by atoms with Crippen molar-refractivity contribution in [1.29, 1.82) is 0 Å². The van der Waals surface area contributed by atoms with E-state index in [1.807, 2.05) is 0 Å². The van der Waals surface area contributed by atoms with Crippen molar-refractivity contribution in [3.63, 3.8) is 0 Å². The third kappa shape index (κ3) is 2.23. The van der Waals surface area contributed by atoms with Crippen LogP contribution in [0.15, 0.2) is 39.5 Å². The zero-order chi connectivity index (χ0) is 14.2. The van der Waals surface area contributed by atoms with E-state index in [1.54, 1.807) is 11.3 Å². The summed E-state index contributed by atoms with van der Waals surface area (Å²) in [7, 11) is 0. The highest BCUT2D eigenvalue weighted by molar-refractivity contribution is 7.08. The van der Waals surface area contributed by atoms with E-state index >= 15 is 0 Å². The minimum absolute atomic E-state index is 0.401. The SMILES string of the molecule is Cc1cscc1-c1noc(CC2CNc3ccccc32)n1. The predicted octanol–water partition coefficient (Wildman–Crippen LogP) is 3.86. The standard InChI is InChI=1S/C16H15N3OS/c1-10-8-21-9-13(10)16-18-15(20-19-16)6-11-7-17-14-5-3-2-4-12(11)14/h2-5,8-9,11,17H,6-7H2,1H3. The summed E-state index contributed by atoms with van der Waals surface area (Å²) in [5, 5.41) is 11.7. The second-order valence-electron chi connectivity index (χ2n) is 5.35. The maximum absolute atomic E-state index is 5.44. The molecule has 0 amide bonds. The van der Waals surface area contributed by atoms with E-state index in [0.29, 0.717) is 17.6 Å². The molecule has 0 bridgehead atoms. The molecule has 0 aliphatic carbocycles. The highest BCUT2D eigenvalue weighted by atomic mass is 32.1. The van der Waals surface area contributed by atoms with Crippen LogP contribution in [0.2, 0.25) is 0 Å². The van der Waals surface area contributed by atoms with E-state index in [0.717, 1.165) is 18.5 Å². The molecule has 3 aromatic rings. The number of rotatable bonds is 3. The number of anilines is 1. The Labute approximate surface area is 126 Å². The van der Waals surface area contributed by atoms with Crippen molar-refractivity contribution < 1.29 is 4.52 Å². The van der Waals surface area contributed by atoms with E-state index in [4.69, 9.17) is 4.52 Å². The second-order valence-corrected chi connectivity index (χ2v) is 6.09. The summed E-state index contributed by atoms with van der Waals surface area (Å²) in [6, 6.07) is 8.41. The van der Waals surface area contributed by atoms with Gasteiger partial charge in [0, 0.05) is 35.5 Å². The first-order valence-electron chi connectivity index (χ1n) is 7.00. The van der Waals surface area contributed by atoms with Crippen LogP contribution in [-0.4, -0.2) is 16.7 Å². The maximum atomic E-state index is 5.44. The average molecular weight is 297 g/mol. The maximum Gasteiger partial charge on any atom is 0.227 e. The fourth-order valence-corrected chi connectivity index (χ4v) is 3.61. The van der Waals surface area contributed by atoms with Crippen LogP contribution in [0, 0.1) is 6.92 Å². The lowest BCUT2D eigenvalue weighted by Crippen LogP contribution is -2.05. The van der Waals surface area contributed by atoms with Gasteiger partial charge in [0.25, 0.3) is 0 Å². The Hall–Kier alpha value is -2.14. The summed E-state index contributed by atoms with van der Waals surface area (Å²) in [6.45, 7) is 2.99. The van der Waals surface area contributed by atoms with Crippen molar-refractivity contribution in [2.45, 2.75) is 19.3 Å². The molecule has 1 atom stereocenters. The zero-order valence-corrected chi connectivity index (χ0v) is 12.5. The third-order valence-electron chi connectivity index (χ3n) is 3.93. The van der Waals surface area contributed by atoms with Crippen LogP contribution in [0.1, 0.15) is 22.9 Å². The lowest BCUT2D eigenvalue weighted by molar-refractivity contribution is 0.372. The first-order chi connectivity index (χ1) is 10.3. The van der Waals surface area contributed by atoms with Gasteiger partial charge in [-0.05, 0) is 29.5 Å². The van der Waals surface area contributed by atoms with E-state index in [1.165, 1.54) is 16.8 Å². The molecule has 0 radical (unpaired) electrons. The molecule has 4 rings (SSSR count). The molecule has 5 heteroatoms. The van der Waals surface area contributed by atoms with Gasteiger partial charge in [-0.15, -0.1) is 0 Å². The monoisotopic (exact) mass is 297 g/mol. The molecule has 21 heavy (non-hydrogen) atoms. The number of nitrogens with one attached hydrogen (secondary N) is 1. The van der Waals surface area contributed by atoms with Crippen LogP contribution in [0.5, 0.6) is 0 Å². The van der Waals surface area contributed by atoms with Crippen molar-refractivity contribution in [2.24, 2.45) is 0 Å². The molecular weight excluding hydrogens is 282 g/mol. The molecule has 1 aromatic carbocycles. The van der Waals surface area contributed by atoms with E-state index in [2.05, 4.69) is 57.4 Å². The first-order valence-corrected chi connectivity index (χ1v) is 7.94.